The summed E-state index contributed by atoms with van der Waals surface area (Å²) >= 11 is 3.44. The van der Waals surface area contributed by atoms with E-state index in [-0.39, 0.29) is 35.2 Å². The highest BCUT2D eigenvalue weighted by molar-refractivity contribution is 9.10. The molecule has 4 aromatic rings. The van der Waals surface area contributed by atoms with Gasteiger partial charge < -0.3 is 19.7 Å². The first-order chi connectivity index (χ1) is 21.2. The van der Waals surface area contributed by atoms with Crippen LogP contribution in [0.2, 0.25) is 0 Å². The van der Waals surface area contributed by atoms with Crippen LogP contribution in [0.15, 0.2) is 112 Å². The highest BCUT2D eigenvalue weighted by atomic mass is 79.9. The third-order valence-electron chi connectivity index (χ3n) is 7.06. The molecule has 4 aromatic carbocycles. The number of benzene rings is 4. The Bertz CT molecular complexity index is 1670. The minimum Gasteiger partial charge on any atom is -0.497 e. The molecule has 9 nitrogen and oxygen atoms in total. The molecule has 0 saturated heterocycles. The van der Waals surface area contributed by atoms with Crippen molar-refractivity contribution in [3.05, 3.63) is 119 Å². The summed E-state index contributed by atoms with van der Waals surface area (Å²) in [5.74, 6) is -0.190. The maximum absolute atomic E-state index is 14.4. The number of para-hydroxylation sites is 2. The number of likely N-dealkylation sites (N-methyl/N-ethyl adjacent to an activating group) is 1. The van der Waals surface area contributed by atoms with E-state index in [0.29, 0.717) is 5.75 Å². The van der Waals surface area contributed by atoms with Gasteiger partial charge in [-0.05, 0) is 59.7 Å². The molecule has 230 valence electrons. The summed E-state index contributed by atoms with van der Waals surface area (Å²) in [6.07, 6.45) is 0.225. The van der Waals surface area contributed by atoms with Gasteiger partial charge in [0, 0.05) is 24.5 Å². The van der Waals surface area contributed by atoms with Gasteiger partial charge in [-0.3, -0.25) is 13.9 Å². The molecule has 0 spiro atoms. The van der Waals surface area contributed by atoms with Gasteiger partial charge in [-0.15, -0.1) is 0 Å². The second kappa shape index (κ2) is 14.9. The number of hydrogen-bond acceptors (Lipinski definition) is 6. The van der Waals surface area contributed by atoms with Crippen molar-refractivity contribution >= 4 is 43.5 Å². The number of carbonyl (C=O) groups excluding carboxylic acids is 2. The molecule has 2 amide bonds. The van der Waals surface area contributed by atoms with Crippen LogP contribution >= 0.6 is 15.9 Å². The van der Waals surface area contributed by atoms with E-state index in [1.165, 1.54) is 50.4 Å². The van der Waals surface area contributed by atoms with Gasteiger partial charge in [0.1, 0.15) is 24.1 Å². The Labute approximate surface area is 266 Å². The van der Waals surface area contributed by atoms with E-state index in [4.69, 9.17) is 9.47 Å². The zero-order valence-electron chi connectivity index (χ0n) is 24.6. The Balaban J connectivity index is 1.81. The number of anilines is 1. The molecule has 1 N–H and O–H groups in total. The SMILES string of the molecule is CNC(=O)C(Cc1ccccc1)N(Cc1ccc(Br)cc1)C(=O)CN(c1ccccc1OC)S(=O)(=O)c1ccc(OC)cc1. The second-order valence-corrected chi connectivity index (χ2v) is 12.6. The van der Waals surface area contributed by atoms with Crippen molar-refractivity contribution in [2.75, 3.05) is 32.1 Å². The minimum atomic E-state index is -4.29. The smallest absolute Gasteiger partial charge is 0.264 e. The van der Waals surface area contributed by atoms with Gasteiger partial charge >= 0.3 is 0 Å². The van der Waals surface area contributed by atoms with E-state index in [1.807, 2.05) is 54.6 Å². The first-order valence-corrected chi connectivity index (χ1v) is 16.0. The number of hydrogen-bond donors (Lipinski definition) is 1. The molecule has 0 aliphatic rings. The third-order valence-corrected chi connectivity index (χ3v) is 9.37. The van der Waals surface area contributed by atoms with Crippen molar-refractivity contribution < 1.29 is 27.5 Å². The maximum Gasteiger partial charge on any atom is 0.264 e. The average Bonchev–Trinajstić information content (AvgIpc) is 3.06. The van der Waals surface area contributed by atoms with Gasteiger partial charge in [-0.2, -0.15) is 0 Å². The monoisotopic (exact) mass is 679 g/mol. The highest BCUT2D eigenvalue weighted by Crippen LogP contribution is 2.33. The van der Waals surface area contributed by atoms with Crippen LogP contribution in [0.3, 0.4) is 0 Å². The van der Waals surface area contributed by atoms with E-state index in [9.17, 15) is 18.0 Å². The topological polar surface area (TPSA) is 105 Å². The van der Waals surface area contributed by atoms with Crippen LogP contribution in [0.4, 0.5) is 5.69 Å². The summed E-state index contributed by atoms with van der Waals surface area (Å²) in [6, 6.07) is 28.3. The van der Waals surface area contributed by atoms with E-state index in [0.717, 1.165) is 19.9 Å². The Hall–Kier alpha value is -4.35. The van der Waals surface area contributed by atoms with Gasteiger partial charge in [-0.25, -0.2) is 8.42 Å². The Morgan fingerprint density at radius 2 is 1.45 bits per heavy atom. The lowest BCUT2D eigenvalue weighted by Gasteiger charge is -2.34. The first-order valence-electron chi connectivity index (χ1n) is 13.8. The van der Waals surface area contributed by atoms with E-state index in [2.05, 4.69) is 21.2 Å². The van der Waals surface area contributed by atoms with Crippen LogP contribution in [0.25, 0.3) is 0 Å². The second-order valence-electron chi connectivity index (χ2n) is 9.83. The average molecular weight is 681 g/mol. The van der Waals surface area contributed by atoms with Crippen molar-refractivity contribution in [1.29, 1.82) is 0 Å². The maximum atomic E-state index is 14.4. The summed E-state index contributed by atoms with van der Waals surface area (Å²) in [6.45, 7) is -0.521. The fourth-order valence-corrected chi connectivity index (χ4v) is 6.42. The number of halogens is 1. The summed E-state index contributed by atoms with van der Waals surface area (Å²) < 4.78 is 40.9. The number of rotatable bonds is 13. The molecule has 0 aliphatic heterocycles. The first kappa shape index (κ1) is 32.6. The number of ether oxygens (including phenoxy) is 2. The van der Waals surface area contributed by atoms with Gasteiger partial charge in [-0.1, -0.05) is 70.5 Å². The molecule has 4 rings (SSSR count). The molecule has 0 radical (unpaired) electrons. The molecule has 0 saturated carbocycles. The standard InChI is InChI=1S/C33H34BrN3O6S/c1-35-33(39)30(21-24-9-5-4-6-10-24)36(22-25-13-15-26(34)16-14-25)32(38)23-37(29-11-7-8-12-31(29)43-3)44(40,41)28-19-17-27(42-2)18-20-28/h4-20,30H,21-23H2,1-3H3,(H,35,39). The zero-order valence-corrected chi connectivity index (χ0v) is 27.0. The lowest BCUT2D eigenvalue weighted by atomic mass is 10.0. The summed E-state index contributed by atoms with van der Waals surface area (Å²) in [5.41, 5.74) is 1.80. The quantitative estimate of drug-likeness (QED) is 0.212. The van der Waals surface area contributed by atoms with Crippen LogP contribution in [-0.2, 0) is 32.6 Å². The number of methoxy groups -OCH3 is 2. The number of sulfonamides is 1. The number of amides is 2. The summed E-state index contributed by atoms with van der Waals surface area (Å²) in [5, 5.41) is 2.68. The van der Waals surface area contributed by atoms with Crippen molar-refractivity contribution in [3.63, 3.8) is 0 Å². The molecule has 0 bridgehead atoms. The van der Waals surface area contributed by atoms with E-state index >= 15 is 0 Å². The molecule has 0 fully saturated rings. The predicted molar refractivity (Wildman–Crippen MR) is 173 cm³/mol. The molecule has 0 aromatic heterocycles. The third kappa shape index (κ3) is 7.78. The zero-order chi connectivity index (χ0) is 31.7. The molecular weight excluding hydrogens is 646 g/mol. The van der Waals surface area contributed by atoms with Gasteiger partial charge in [0.2, 0.25) is 11.8 Å². The van der Waals surface area contributed by atoms with Gasteiger partial charge in [0.05, 0.1) is 24.8 Å². The Morgan fingerprint density at radius 1 is 0.818 bits per heavy atom. The number of nitrogens with zero attached hydrogens (tertiary/aromatic N) is 2. The molecular formula is C33H34BrN3O6S. The summed E-state index contributed by atoms with van der Waals surface area (Å²) in [7, 11) is 0.145. The van der Waals surface area contributed by atoms with Crippen molar-refractivity contribution in [2.24, 2.45) is 0 Å². The Morgan fingerprint density at radius 3 is 2.07 bits per heavy atom. The van der Waals surface area contributed by atoms with E-state index in [1.54, 1.807) is 24.3 Å². The fourth-order valence-electron chi connectivity index (χ4n) is 4.73. The van der Waals surface area contributed by atoms with Crippen LogP contribution in [0.5, 0.6) is 11.5 Å². The largest absolute Gasteiger partial charge is 0.497 e. The summed E-state index contributed by atoms with van der Waals surface area (Å²) in [4.78, 5) is 29.2. The van der Waals surface area contributed by atoms with Gasteiger partial charge in [0.15, 0.2) is 0 Å². The van der Waals surface area contributed by atoms with Crippen molar-refractivity contribution in [1.82, 2.24) is 10.2 Å². The Kier molecular flexibility index (Phi) is 11.0. The molecule has 11 heteroatoms. The normalized spacial score (nSPS) is 11.7. The molecule has 1 atom stereocenters. The van der Waals surface area contributed by atoms with Crippen LogP contribution < -0.4 is 19.1 Å². The highest BCUT2D eigenvalue weighted by Gasteiger charge is 2.35. The van der Waals surface area contributed by atoms with E-state index < -0.39 is 28.5 Å². The fraction of sp³-hybridized carbons (Fsp3) is 0.212. The van der Waals surface area contributed by atoms with Crippen molar-refractivity contribution in [2.45, 2.75) is 23.9 Å². The number of nitrogens with one attached hydrogen (secondary N) is 1. The van der Waals surface area contributed by atoms with Crippen LogP contribution in [-0.4, -0.2) is 59.0 Å². The van der Waals surface area contributed by atoms with Crippen LogP contribution in [0.1, 0.15) is 11.1 Å². The lowest BCUT2D eigenvalue weighted by molar-refractivity contribution is -0.139. The predicted octanol–water partition coefficient (Wildman–Crippen LogP) is 5.05. The number of carbonyl (C=O) groups is 2. The molecule has 0 heterocycles. The minimum absolute atomic E-state index is 0.0383. The molecule has 0 aliphatic carbocycles. The van der Waals surface area contributed by atoms with Gasteiger partial charge in [0.25, 0.3) is 10.0 Å². The lowest BCUT2D eigenvalue weighted by Crippen LogP contribution is -2.53. The molecule has 44 heavy (non-hydrogen) atoms. The molecule has 1 unspecified atom stereocenters. The van der Waals surface area contributed by atoms with Crippen molar-refractivity contribution in [3.8, 4) is 11.5 Å². The van der Waals surface area contributed by atoms with Crippen LogP contribution in [0, 0.1) is 0 Å².